The highest BCUT2D eigenvalue weighted by molar-refractivity contribution is 7.27. The number of benzene rings is 10. The fourth-order valence-corrected chi connectivity index (χ4v) is 11.6. The first kappa shape index (κ1) is 32.5. The zero-order valence-electron chi connectivity index (χ0n) is 30.8. The number of hydrogen-bond donors (Lipinski definition) is 0. The maximum Gasteiger partial charge on any atom is 0.0555 e. The average Bonchev–Trinajstić information content (AvgIpc) is 3.86. The summed E-state index contributed by atoms with van der Waals surface area (Å²) in [5.41, 5.74) is 8.33. The second kappa shape index (κ2) is 12.9. The van der Waals surface area contributed by atoms with Crippen LogP contribution < -0.4 is 4.90 Å². The Labute approximate surface area is 337 Å². The SMILES string of the molecule is c1ccc(-c2cccc(N(c3cc4ccccc4c4ccccc34)c3cccc4sc5ccccc5c34)c2-c2cccc3sc4c5ccccc5ccc4c23)cc1. The molecular formula is C54H33NS2. The number of thiophene rings is 2. The Hall–Kier alpha value is -6.78. The first-order chi connectivity index (χ1) is 28.3. The van der Waals surface area contributed by atoms with Crippen molar-refractivity contribution in [1.29, 1.82) is 0 Å². The summed E-state index contributed by atoms with van der Waals surface area (Å²) in [5, 5.41) is 12.7. The molecule has 12 rings (SSSR count). The monoisotopic (exact) mass is 759 g/mol. The van der Waals surface area contributed by atoms with Crippen LogP contribution in [0.3, 0.4) is 0 Å². The highest BCUT2D eigenvalue weighted by Crippen LogP contribution is 2.53. The van der Waals surface area contributed by atoms with Crippen molar-refractivity contribution in [2.45, 2.75) is 0 Å². The molecule has 0 aliphatic carbocycles. The predicted octanol–water partition coefficient (Wildman–Crippen LogP) is 16.7. The van der Waals surface area contributed by atoms with E-state index in [1.807, 2.05) is 22.7 Å². The van der Waals surface area contributed by atoms with Crippen molar-refractivity contribution < 1.29 is 0 Å². The normalized spacial score (nSPS) is 11.9. The van der Waals surface area contributed by atoms with Crippen molar-refractivity contribution in [3.63, 3.8) is 0 Å². The van der Waals surface area contributed by atoms with E-state index in [2.05, 4.69) is 205 Å². The van der Waals surface area contributed by atoms with Crippen molar-refractivity contribution in [3.8, 4) is 22.3 Å². The predicted molar refractivity (Wildman–Crippen MR) is 250 cm³/mol. The zero-order valence-corrected chi connectivity index (χ0v) is 32.4. The lowest BCUT2D eigenvalue weighted by Crippen LogP contribution is -2.13. The highest BCUT2D eigenvalue weighted by atomic mass is 32.1. The van der Waals surface area contributed by atoms with Crippen molar-refractivity contribution in [2.24, 2.45) is 0 Å². The Morgan fingerprint density at radius 3 is 1.79 bits per heavy atom. The quantitative estimate of drug-likeness (QED) is 0.158. The van der Waals surface area contributed by atoms with Gasteiger partial charge in [-0.15, -0.1) is 22.7 Å². The maximum absolute atomic E-state index is 2.58. The Morgan fingerprint density at radius 1 is 0.316 bits per heavy atom. The van der Waals surface area contributed by atoms with Crippen molar-refractivity contribution in [3.05, 3.63) is 200 Å². The number of nitrogens with zero attached hydrogens (tertiary/aromatic N) is 1. The third kappa shape index (κ3) is 5.00. The molecule has 2 aromatic heterocycles. The van der Waals surface area contributed by atoms with E-state index in [1.165, 1.54) is 101 Å². The topological polar surface area (TPSA) is 3.24 Å². The molecule has 0 aliphatic heterocycles. The van der Waals surface area contributed by atoms with E-state index in [1.54, 1.807) is 0 Å². The Balaban J connectivity index is 1.27. The van der Waals surface area contributed by atoms with Crippen LogP contribution in [-0.4, -0.2) is 0 Å². The molecule has 0 bridgehead atoms. The summed E-state index contributed by atoms with van der Waals surface area (Å²) in [4.78, 5) is 2.58. The van der Waals surface area contributed by atoms with Crippen LogP contribution in [0.5, 0.6) is 0 Å². The molecule has 0 unspecified atom stereocenters. The van der Waals surface area contributed by atoms with Crippen molar-refractivity contribution >= 4 is 112 Å². The first-order valence-corrected chi connectivity index (χ1v) is 21.1. The second-order valence-electron chi connectivity index (χ2n) is 14.8. The number of fused-ring (bicyclic) bond motifs is 11. The fraction of sp³-hybridized carbons (Fsp3) is 0. The minimum atomic E-state index is 1.15. The van der Waals surface area contributed by atoms with E-state index in [-0.39, 0.29) is 0 Å². The summed E-state index contributed by atoms with van der Waals surface area (Å²) in [6.45, 7) is 0. The van der Waals surface area contributed by atoms with E-state index in [0.717, 1.165) is 11.4 Å². The Bertz CT molecular complexity index is 3540. The molecule has 0 radical (unpaired) electrons. The van der Waals surface area contributed by atoms with Crippen LogP contribution in [0.2, 0.25) is 0 Å². The molecule has 0 saturated heterocycles. The van der Waals surface area contributed by atoms with Gasteiger partial charge in [0.2, 0.25) is 0 Å². The molecule has 10 aromatic carbocycles. The van der Waals surface area contributed by atoms with E-state index >= 15 is 0 Å². The molecule has 0 atom stereocenters. The van der Waals surface area contributed by atoms with Gasteiger partial charge in [-0.05, 0) is 80.0 Å². The number of rotatable bonds is 5. The molecule has 57 heavy (non-hydrogen) atoms. The standard InChI is InChI=1S/C54H33NS2/c1-2-15-34(16-3-1)38-24-12-26-45(51(38)43-25-13-29-49-52(43)44-32-31-35-17-4-7-20-39(35)54(44)57-49)55(46-27-14-30-50-53(46)42-23-10-11-28-48(42)56-50)47-33-36-18-5-6-19-37(36)40-21-8-9-22-41(40)47/h1-33H. The minimum Gasteiger partial charge on any atom is -0.309 e. The summed E-state index contributed by atoms with van der Waals surface area (Å²) in [6, 6.07) is 74.1. The number of anilines is 3. The molecule has 12 aromatic rings. The van der Waals surface area contributed by atoms with Gasteiger partial charge in [0.05, 0.1) is 17.1 Å². The smallest absolute Gasteiger partial charge is 0.0555 e. The van der Waals surface area contributed by atoms with Gasteiger partial charge in [0, 0.05) is 51.3 Å². The van der Waals surface area contributed by atoms with Crippen LogP contribution in [0.4, 0.5) is 17.1 Å². The van der Waals surface area contributed by atoms with E-state index in [4.69, 9.17) is 0 Å². The Morgan fingerprint density at radius 2 is 0.930 bits per heavy atom. The van der Waals surface area contributed by atoms with Gasteiger partial charge in [-0.2, -0.15) is 0 Å². The van der Waals surface area contributed by atoms with Gasteiger partial charge in [-0.1, -0.05) is 164 Å². The van der Waals surface area contributed by atoms with Crippen LogP contribution in [0.25, 0.3) is 94.9 Å². The van der Waals surface area contributed by atoms with Gasteiger partial charge < -0.3 is 4.90 Å². The minimum absolute atomic E-state index is 1.15. The lowest BCUT2D eigenvalue weighted by molar-refractivity contribution is 1.32. The lowest BCUT2D eigenvalue weighted by Gasteiger charge is -2.31. The Kier molecular flexibility index (Phi) is 7.34. The van der Waals surface area contributed by atoms with Crippen LogP contribution in [0, 0.1) is 0 Å². The van der Waals surface area contributed by atoms with E-state index in [9.17, 15) is 0 Å². The highest BCUT2D eigenvalue weighted by Gasteiger charge is 2.27. The molecule has 0 spiro atoms. The van der Waals surface area contributed by atoms with Crippen LogP contribution in [0.15, 0.2) is 200 Å². The van der Waals surface area contributed by atoms with Crippen LogP contribution in [0.1, 0.15) is 0 Å². The van der Waals surface area contributed by atoms with Gasteiger partial charge in [-0.3, -0.25) is 0 Å². The van der Waals surface area contributed by atoms with E-state index < -0.39 is 0 Å². The van der Waals surface area contributed by atoms with Gasteiger partial charge >= 0.3 is 0 Å². The molecule has 0 N–H and O–H groups in total. The van der Waals surface area contributed by atoms with Crippen molar-refractivity contribution in [1.82, 2.24) is 0 Å². The molecule has 0 aliphatic rings. The summed E-state index contributed by atoms with van der Waals surface area (Å²) in [7, 11) is 0. The summed E-state index contributed by atoms with van der Waals surface area (Å²) in [6.07, 6.45) is 0. The summed E-state index contributed by atoms with van der Waals surface area (Å²) < 4.78 is 5.20. The van der Waals surface area contributed by atoms with Crippen LogP contribution in [-0.2, 0) is 0 Å². The van der Waals surface area contributed by atoms with Gasteiger partial charge in [0.15, 0.2) is 0 Å². The summed E-state index contributed by atoms with van der Waals surface area (Å²) in [5.74, 6) is 0. The maximum atomic E-state index is 2.58. The largest absolute Gasteiger partial charge is 0.309 e. The van der Waals surface area contributed by atoms with Gasteiger partial charge in [0.1, 0.15) is 0 Å². The number of hydrogen-bond acceptors (Lipinski definition) is 3. The third-order valence-electron chi connectivity index (χ3n) is 11.6. The van der Waals surface area contributed by atoms with E-state index in [0.29, 0.717) is 0 Å². The van der Waals surface area contributed by atoms with Crippen LogP contribution >= 0.6 is 22.7 Å². The summed E-state index contributed by atoms with van der Waals surface area (Å²) >= 11 is 3.77. The molecule has 1 nitrogen and oxygen atoms in total. The lowest BCUT2D eigenvalue weighted by atomic mass is 9.89. The fourth-order valence-electron chi connectivity index (χ4n) is 9.18. The zero-order chi connectivity index (χ0) is 37.5. The van der Waals surface area contributed by atoms with Gasteiger partial charge in [0.25, 0.3) is 0 Å². The molecule has 0 amide bonds. The van der Waals surface area contributed by atoms with Crippen molar-refractivity contribution in [2.75, 3.05) is 4.90 Å². The third-order valence-corrected chi connectivity index (χ3v) is 14.0. The second-order valence-corrected chi connectivity index (χ2v) is 16.9. The molecule has 2 heterocycles. The first-order valence-electron chi connectivity index (χ1n) is 19.4. The van der Waals surface area contributed by atoms with Gasteiger partial charge in [-0.25, -0.2) is 0 Å². The molecule has 3 heteroatoms. The molecule has 0 saturated carbocycles. The average molecular weight is 760 g/mol. The molecule has 0 fully saturated rings. The molecular weight excluding hydrogens is 727 g/mol. The molecule has 266 valence electrons.